The van der Waals surface area contributed by atoms with Gasteiger partial charge in [0.1, 0.15) is 0 Å². The van der Waals surface area contributed by atoms with Crippen molar-refractivity contribution in [2.45, 2.75) is 44.1 Å². The van der Waals surface area contributed by atoms with Crippen LogP contribution < -0.4 is 5.73 Å². The van der Waals surface area contributed by atoms with Crippen LogP contribution in [0.15, 0.2) is 0 Å². The van der Waals surface area contributed by atoms with Gasteiger partial charge in [-0.25, -0.2) is 0 Å². The molecule has 0 atom stereocenters. The molecule has 3 N–H and O–H groups in total. The fourth-order valence-corrected chi connectivity index (χ4v) is 4.29. The van der Waals surface area contributed by atoms with Crippen LogP contribution in [0.2, 0.25) is 0 Å². The lowest BCUT2D eigenvalue weighted by molar-refractivity contribution is -0.504. The summed E-state index contributed by atoms with van der Waals surface area (Å²) in [5.74, 6) is 3.25. The van der Waals surface area contributed by atoms with Gasteiger partial charge in [-0.2, -0.15) is 0 Å². The molecule has 0 spiro atoms. The average Bonchev–Trinajstić information content (AvgIpc) is 1.79. The lowest BCUT2D eigenvalue weighted by atomic mass is 9.53. The van der Waals surface area contributed by atoms with Crippen LogP contribution in [0, 0.1) is 17.8 Å². The largest absolute Gasteiger partial charge is 0.353 e. The summed E-state index contributed by atoms with van der Waals surface area (Å²) in [6.45, 7) is 0. The maximum atomic E-state index is 4.43. The number of rotatable bonds is 0. The molecule has 4 rings (SSSR count). The predicted octanol–water partition coefficient (Wildman–Crippen LogP) is 1.62. The van der Waals surface area contributed by atoms with E-state index in [2.05, 4.69) is 5.73 Å². The molecule has 2 heteroatoms. The van der Waals surface area contributed by atoms with Gasteiger partial charge in [0.15, 0.2) is 0 Å². The Morgan fingerprint density at radius 1 is 0.833 bits per heavy atom. The molecular weight excluding hydrogens is 170 g/mol. The van der Waals surface area contributed by atoms with Crippen LogP contribution >= 0.6 is 12.4 Å². The summed E-state index contributed by atoms with van der Waals surface area (Å²) in [5, 5.41) is 0. The lowest BCUT2D eigenvalue weighted by Crippen LogP contribution is -2.77. The molecular formula is C10H19ClN+. The lowest BCUT2D eigenvalue weighted by Gasteiger charge is -2.52. The summed E-state index contributed by atoms with van der Waals surface area (Å²) in [5.41, 5.74) is 4.98. The molecule has 4 bridgehead atoms. The highest BCUT2D eigenvalue weighted by Gasteiger charge is 2.51. The van der Waals surface area contributed by atoms with Crippen LogP contribution in [0.5, 0.6) is 0 Å². The molecule has 0 heterocycles. The van der Waals surface area contributed by atoms with E-state index in [1.54, 1.807) is 19.3 Å². The Hall–Kier alpha value is 0.250. The fourth-order valence-electron chi connectivity index (χ4n) is 4.29. The smallest absolute Gasteiger partial charge is 0.0953 e. The molecule has 4 fully saturated rings. The minimum Gasteiger partial charge on any atom is -0.353 e. The quantitative estimate of drug-likeness (QED) is 0.599. The fraction of sp³-hybridized carbons (Fsp3) is 1.00. The van der Waals surface area contributed by atoms with Crippen LogP contribution in [-0.2, 0) is 0 Å². The SMILES string of the molecule is Cl.[NH3+]C12CC3CC(CC(C3)C1)C2. The van der Waals surface area contributed by atoms with E-state index in [-0.39, 0.29) is 12.4 Å². The highest BCUT2D eigenvalue weighted by Crippen LogP contribution is 2.53. The van der Waals surface area contributed by atoms with E-state index in [0.717, 1.165) is 17.8 Å². The van der Waals surface area contributed by atoms with E-state index in [0.29, 0.717) is 5.54 Å². The predicted molar refractivity (Wildman–Crippen MR) is 51.0 cm³/mol. The summed E-state index contributed by atoms with van der Waals surface area (Å²) in [7, 11) is 0. The van der Waals surface area contributed by atoms with Crippen molar-refractivity contribution in [3.63, 3.8) is 0 Å². The molecule has 4 aliphatic rings. The zero-order valence-corrected chi connectivity index (χ0v) is 8.41. The van der Waals surface area contributed by atoms with E-state index in [1.807, 2.05) is 0 Å². The number of hydrogen-bond donors (Lipinski definition) is 1. The summed E-state index contributed by atoms with van der Waals surface area (Å²) >= 11 is 0. The molecule has 0 saturated heterocycles. The van der Waals surface area contributed by atoms with E-state index in [4.69, 9.17) is 0 Å². The van der Waals surface area contributed by atoms with E-state index < -0.39 is 0 Å². The second-order valence-electron chi connectivity index (χ2n) is 5.42. The molecule has 4 saturated carbocycles. The van der Waals surface area contributed by atoms with E-state index >= 15 is 0 Å². The van der Waals surface area contributed by atoms with E-state index in [9.17, 15) is 0 Å². The summed E-state index contributed by atoms with van der Waals surface area (Å²) < 4.78 is 0. The Bertz CT molecular complexity index is 155. The summed E-state index contributed by atoms with van der Waals surface area (Å²) in [6, 6.07) is 0. The molecule has 0 radical (unpaired) electrons. The second kappa shape index (κ2) is 2.62. The zero-order valence-electron chi connectivity index (χ0n) is 7.59. The van der Waals surface area contributed by atoms with Crippen molar-refractivity contribution >= 4 is 12.4 Å². The minimum absolute atomic E-state index is 0. The molecule has 0 amide bonds. The van der Waals surface area contributed by atoms with Gasteiger partial charge in [0, 0.05) is 19.3 Å². The van der Waals surface area contributed by atoms with Gasteiger partial charge in [0.2, 0.25) is 0 Å². The molecule has 0 aliphatic heterocycles. The number of hydrogen-bond acceptors (Lipinski definition) is 0. The van der Waals surface area contributed by atoms with Crippen molar-refractivity contribution in [3.8, 4) is 0 Å². The van der Waals surface area contributed by atoms with Crippen molar-refractivity contribution in [2.24, 2.45) is 17.8 Å². The van der Waals surface area contributed by atoms with Crippen molar-refractivity contribution in [2.75, 3.05) is 0 Å². The van der Waals surface area contributed by atoms with Gasteiger partial charge in [-0.3, -0.25) is 0 Å². The van der Waals surface area contributed by atoms with Crippen LogP contribution in [0.1, 0.15) is 38.5 Å². The van der Waals surface area contributed by atoms with Crippen LogP contribution in [0.4, 0.5) is 0 Å². The monoisotopic (exact) mass is 188 g/mol. The highest BCUT2D eigenvalue weighted by molar-refractivity contribution is 5.85. The van der Waals surface area contributed by atoms with Crippen LogP contribution in [-0.4, -0.2) is 5.54 Å². The first-order chi connectivity index (χ1) is 5.23. The van der Waals surface area contributed by atoms with Crippen molar-refractivity contribution in [1.29, 1.82) is 0 Å². The Kier molecular flexibility index (Phi) is 1.93. The Morgan fingerprint density at radius 2 is 1.17 bits per heavy atom. The number of quaternary nitrogens is 1. The maximum absolute atomic E-state index is 4.43. The van der Waals surface area contributed by atoms with E-state index in [1.165, 1.54) is 19.3 Å². The molecule has 0 aromatic carbocycles. The van der Waals surface area contributed by atoms with Gasteiger partial charge in [-0.15, -0.1) is 12.4 Å². The zero-order chi connectivity index (χ0) is 7.47. The summed E-state index contributed by atoms with van der Waals surface area (Å²) in [6.07, 6.45) is 9.02. The Morgan fingerprint density at radius 3 is 1.42 bits per heavy atom. The van der Waals surface area contributed by atoms with Gasteiger partial charge in [0.05, 0.1) is 5.54 Å². The summed E-state index contributed by atoms with van der Waals surface area (Å²) in [4.78, 5) is 0. The van der Waals surface area contributed by atoms with Crippen LogP contribution in [0.3, 0.4) is 0 Å². The second-order valence-corrected chi connectivity index (χ2v) is 5.42. The third-order valence-electron chi connectivity index (χ3n) is 4.17. The van der Waals surface area contributed by atoms with Crippen molar-refractivity contribution in [3.05, 3.63) is 0 Å². The average molecular weight is 189 g/mol. The van der Waals surface area contributed by atoms with Crippen molar-refractivity contribution < 1.29 is 5.73 Å². The number of halogens is 1. The first-order valence-electron chi connectivity index (χ1n) is 5.09. The normalized spacial score (nSPS) is 55.2. The van der Waals surface area contributed by atoms with Crippen LogP contribution in [0.25, 0.3) is 0 Å². The topological polar surface area (TPSA) is 27.6 Å². The van der Waals surface area contributed by atoms with Gasteiger partial charge in [-0.05, 0) is 37.0 Å². The molecule has 1 nitrogen and oxygen atoms in total. The first-order valence-corrected chi connectivity index (χ1v) is 5.09. The molecule has 0 unspecified atom stereocenters. The standard InChI is InChI=1S/C10H17N.ClH/c11-10-4-7-1-8(5-10)3-9(2-7)6-10;/h7-9H,1-6,11H2;1H/p+1. The van der Waals surface area contributed by atoms with Gasteiger partial charge in [-0.1, -0.05) is 0 Å². The molecule has 0 aromatic heterocycles. The molecule has 12 heavy (non-hydrogen) atoms. The Labute approximate surface area is 80.5 Å². The molecule has 70 valence electrons. The highest BCUT2D eigenvalue weighted by atomic mass is 35.5. The third-order valence-corrected chi connectivity index (χ3v) is 4.17. The first kappa shape index (κ1) is 8.83. The van der Waals surface area contributed by atoms with Gasteiger partial charge in [0.25, 0.3) is 0 Å². The third kappa shape index (κ3) is 1.18. The Balaban J connectivity index is 0.000000563. The molecule has 4 aliphatic carbocycles. The molecule has 0 aromatic rings. The maximum Gasteiger partial charge on any atom is 0.0953 e. The van der Waals surface area contributed by atoms with Crippen molar-refractivity contribution in [1.82, 2.24) is 0 Å². The minimum atomic E-state index is 0. The van der Waals surface area contributed by atoms with Gasteiger partial charge >= 0.3 is 0 Å². The van der Waals surface area contributed by atoms with Gasteiger partial charge < -0.3 is 5.73 Å².